The Morgan fingerprint density at radius 3 is 2.63 bits per heavy atom. The fourth-order valence-electron chi connectivity index (χ4n) is 3.11. The minimum Gasteiger partial charge on any atom is -0.392 e. The second-order valence-electron chi connectivity index (χ2n) is 5.79. The van der Waals surface area contributed by atoms with Crippen LogP contribution in [0.25, 0.3) is 0 Å². The molecule has 1 aliphatic carbocycles. The minimum absolute atomic E-state index is 0. The molecule has 2 unspecified atom stereocenters. The molecule has 1 amide bonds. The minimum atomic E-state index is -0.358. The van der Waals surface area contributed by atoms with Crippen LogP contribution in [-0.2, 0) is 4.79 Å². The van der Waals surface area contributed by atoms with E-state index in [9.17, 15) is 9.90 Å². The lowest BCUT2D eigenvalue weighted by atomic mass is 10.0. The molecule has 5 heteroatoms. The molecule has 1 heterocycles. The van der Waals surface area contributed by atoms with Crippen molar-refractivity contribution in [1.82, 2.24) is 10.6 Å². The maximum absolute atomic E-state index is 11.7. The monoisotopic (exact) mass is 290 g/mol. The Kier molecular flexibility index (Phi) is 7.73. The lowest BCUT2D eigenvalue weighted by Gasteiger charge is -2.12. The first-order valence-corrected chi connectivity index (χ1v) is 7.45. The summed E-state index contributed by atoms with van der Waals surface area (Å²) in [6.07, 6.45) is 9.48. The molecule has 0 bridgehead atoms. The highest BCUT2D eigenvalue weighted by Gasteiger charge is 2.27. The van der Waals surface area contributed by atoms with E-state index in [1.807, 2.05) is 0 Å². The van der Waals surface area contributed by atoms with Crippen LogP contribution >= 0.6 is 12.4 Å². The van der Waals surface area contributed by atoms with Gasteiger partial charge in [0.05, 0.1) is 12.1 Å². The number of hydrogen-bond acceptors (Lipinski definition) is 3. The molecule has 1 saturated heterocycles. The lowest BCUT2D eigenvalue weighted by Crippen LogP contribution is -2.40. The van der Waals surface area contributed by atoms with Crippen molar-refractivity contribution in [3.05, 3.63) is 0 Å². The normalized spacial score (nSPS) is 27.2. The first kappa shape index (κ1) is 16.7. The molecule has 0 spiro atoms. The van der Waals surface area contributed by atoms with Crippen LogP contribution in [0, 0.1) is 5.92 Å². The van der Waals surface area contributed by atoms with Crippen LogP contribution in [0.3, 0.4) is 0 Å². The van der Waals surface area contributed by atoms with Gasteiger partial charge >= 0.3 is 0 Å². The van der Waals surface area contributed by atoms with Crippen LogP contribution < -0.4 is 10.6 Å². The van der Waals surface area contributed by atoms with Crippen molar-refractivity contribution >= 4 is 18.3 Å². The van der Waals surface area contributed by atoms with Crippen molar-refractivity contribution in [2.45, 2.75) is 63.5 Å². The Hall–Kier alpha value is -0.320. The van der Waals surface area contributed by atoms with Gasteiger partial charge in [0.1, 0.15) is 0 Å². The van der Waals surface area contributed by atoms with Gasteiger partial charge < -0.3 is 15.7 Å². The van der Waals surface area contributed by atoms with Crippen LogP contribution in [-0.4, -0.2) is 36.2 Å². The molecule has 0 radical (unpaired) electrons. The standard InChI is InChI=1S/C14H26N2O2.ClH/c17-12-9-13(16-10-12)14(18)15-8-4-3-7-11-5-1-2-6-11;/h11-13,16-17H,1-10H2,(H,15,18);1H. The number of aliphatic hydroxyl groups is 1. The van der Waals surface area contributed by atoms with Crippen LogP contribution in [0.1, 0.15) is 51.4 Å². The summed E-state index contributed by atoms with van der Waals surface area (Å²) in [4.78, 5) is 11.7. The number of hydrogen-bond donors (Lipinski definition) is 3. The Bertz CT molecular complexity index is 270. The number of unbranched alkanes of at least 4 members (excludes halogenated alkanes) is 1. The third-order valence-corrected chi connectivity index (χ3v) is 4.24. The van der Waals surface area contributed by atoms with Gasteiger partial charge in [-0.3, -0.25) is 4.79 Å². The summed E-state index contributed by atoms with van der Waals surface area (Å²) in [6.45, 7) is 1.32. The van der Waals surface area contributed by atoms with Crippen LogP contribution in [0.5, 0.6) is 0 Å². The van der Waals surface area contributed by atoms with Gasteiger partial charge in [0.25, 0.3) is 0 Å². The molecule has 1 aliphatic heterocycles. The van der Waals surface area contributed by atoms with Crippen LogP contribution in [0.2, 0.25) is 0 Å². The summed E-state index contributed by atoms with van der Waals surface area (Å²) in [7, 11) is 0. The number of aliphatic hydroxyl groups excluding tert-OH is 1. The lowest BCUT2D eigenvalue weighted by molar-refractivity contribution is -0.122. The molecule has 1 saturated carbocycles. The summed E-state index contributed by atoms with van der Waals surface area (Å²) >= 11 is 0. The van der Waals surface area contributed by atoms with Crippen molar-refractivity contribution in [3.8, 4) is 0 Å². The highest BCUT2D eigenvalue weighted by molar-refractivity contribution is 5.85. The van der Waals surface area contributed by atoms with Gasteiger partial charge in [-0.25, -0.2) is 0 Å². The molecule has 112 valence electrons. The molecule has 0 aromatic heterocycles. The van der Waals surface area contributed by atoms with E-state index >= 15 is 0 Å². The van der Waals surface area contributed by atoms with Crippen molar-refractivity contribution < 1.29 is 9.90 Å². The predicted molar refractivity (Wildman–Crippen MR) is 78.5 cm³/mol. The fraction of sp³-hybridized carbons (Fsp3) is 0.929. The van der Waals surface area contributed by atoms with E-state index in [0.717, 1.165) is 18.9 Å². The van der Waals surface area contributed by atoms with Crippen molar-refractivity contribution in [2.24, 2.45) is 5.92 Å². The third kappa shape index (κ3) is 5.67. The maximum Gasteiger partial charge on any atom is 0.237 e. The van der Waals surface area contributed by atoms with E-state index < -0.39 is 0 Å². The summed E-state index contributed by atoms with van der Waals surface area (Å²) in [6, 6.07) is -0.185. The van der Waals surface area contributed by atoms with Gasteiger partial charge in [0.2, 0.25) is 5.91 Å². The molecule has 4 nitrogen and oxygen atoms in total. The number of nitrogens with one attached hydrogen (secondary N) is 2. The zero-order valence-corrected chi connectivity index (χ0v) is 12.4. The van der Waals surface area contributed by atoms with Gasteiger partial charge in [0.15, 0.2) is 0 Å². The highest BCUT2D eigenvalue weighted by atomic mass is 35.5. The highest BCUT2D eigenvalue weighted by Crippen LogP contribution is 2.28. The van der Waals surface area contributed by atoms with Gasteiger partial charge in [-0.2, -0.15) is 0 Å². The van der Waals surface area contributed by atoms with Crippen LogP contribution in [0.4, 0.5) is 0 Å². The second kappa shape index (κ2) is 8.77. The average molecular weight is 291 g/mol. The second-order valence-corrected chi connectivity index (χ2v) is 5.79. The third-order valence-electron chi connectivity index (χ3n) is 4.24. The summed E-state index contributed by atoms with van der Waals surface area (Å²) in [5, 5.41) is 15.3. The maximum atomic E-state index is 11.7. The molecule has 0 aromatic rings. The molecule has 0 aromatic carbocycles. The van der Waals surface area contributed by atoms with Gasteiger partial charge in [-0.05, 0) is 18.8 Å². The SMILES string of the molecule is Cl.O=C(NCCCCC1CCCC1)C1CC(O)CN1. The topological polar surface area (TPSA) is 61.4 Å². The van der Waals surface area contributed by atoms with E-state index in [4.69, 9.17) is 0 Å². The van der Waals surface area contributed by atoms with Crippen molar-refractivity contribution in [1.29, 1.82) is 0 Å². The van der Waals surface area contributed by atoms with E-state index in [1.165, 1.54) is 38.5 Å². The first-order valence-electron chi connectivity index (χ1n) is 7.45. The van der Waals surface area contributed by atoms with Crippen molar-refractivity contribution in [3.63, 3.8) is 0 Å². The number of β-amino-alcohol motifs (C(OH)–C–C–N with tert-alkyl or cyclic N) is 1. The number of carbonyl (C=O) groups excluding carboxylic acids is 1. The van der Waals surface area contributed by atoms with Gasteiger partial charge in [-0.1, -0.05) is 38.5 Å². The van der Waals surface area contributed by atoms with Gasteiger partial charge in [-0.15, -0.1) is 12.4 Å². The number of rotatable bonds is 6. The Morgan fingerprint density at radius 2 is 2.00 bits per heavy atom. The number of halogens is 1. The summed E-state index contributed by atoms with van der Waals surface area (Å²) in [5.74, 6) is 1.000. The van der Waals surface area contributed by atoms with Crippen LogP contribution in [0.15, 0.2) is 0 Å². The molecular weight excluding hydrogens is 264 g/mol. The Morgan fingerprint density at radius 1 is 1.26 bits per heavy atom. The largest absolute Gasteiger partial charge is 0.392 e. The van der Waals surface area contributed by atoms with E-state index in [-0.39, 0.29) is 30.5 Å². The zero-order valence-electron chi connectivity index (χ0n) is 11.6. The molecule has 2 aliphatic rings. The number of carbonyl (C=O) groups is 1. The van der Waals surface area contributed by atoms with Crippen molar-refractivity contribution in [2.75, 3.05) is 13.1 Å². The van der Waals surface area contributed by atoms with Gasteiger partial charge in [0, 0.05) is 13.1 Å². The molecule has 2 atom stereocenters. The zero-order chi connectivity index (χ0) is 12.8. The molecule has 19 heavy (non-hydrogen) atoms. The average Bonchev–Trinajstić information content (AvgIpc) is 2.99. The predicted octanol–water partition coefficient (Wildman–Crippen LogP) is 1.61. The number of amides is 1. The molecule has 3 N–H and O–H groups in total. The smallest absolute Gasteiger partial charge is 0.237 e. The summed E-state index contributed by atoms with van der Waals surface area (Å²) in [5.41, 5.74) is 0. The van der Waals surface area contributed by atoms with E-state index in [1.54, 1.807) is 0 Å². The summed E-state index contributed by atoms with van der Waals surface area (Å²) < 4.78 is 0. The van der Waals surface area contributed by atoms with E-state index in [2.05, 4.69) is 10.6 Å². The fourth-order valence-corrected chi connectivity index (χ4v) is 3.11. The molecule has 2 rings (SSSR count). The Balaban J connectivity index is 0.00000180. The quantitative estimate of drug-likeness (QED) is 0.651. The molecule has 2 fully saturated rings. The Labute approximate surface area is 122 Å². The van der Waals surface area contributed by atoms with E-state index in [0.29, 0.717) is 13.0 Å². The molecular formula is C14H27ClN2O2. The first-order chi connectivity index (χ1) is 8.75.